The van der Waals surface area contributed by atoms with E-state index in [1.54, 1.807) is 6.92 Å². The molecule has 0 unspecified atom stereocenters. The molecule has 1 N–H and O–H groups in total. The first kappa shape index (κ1) is 24.7. The van der Waals surface area contributed by atoms with Crippen LogP contribution in [0.5, 0.6) is 0 Å². The van der Waals surface area contributed by atoms with Gasteiger partial charge in [-0.25, -0.2) is 4.79 Å². The Balaban J connectivity index is 1.52. The van der Waals surface area contributed by atoms with E-state index in [2.05, 4.69) is 31.0 Å². The van der Waals surface area contributed by atoms with Gasteiger partial charge in [0.2, 0.25) is 5.91 Å². The monoisotopic (exact) mass is 467 g/mol. The summed E-state index contributed by atoms with van der Waals surface area (Å²) < 4.78 is 0. The number of nitrogens with one attached hydrogen (secondary N) is 1. The Hall–Kier alpha value is -2.37. The molecule has 0 spiro atoms. The molecule has 1 aromatic rings. The lowest BCUT2D eigenvalue weighted by Gasteiger charge is -2.42. The maximum atomic E-state index is 13.6. The fourth-order valence-corrected chi connectivity index (χ4v) is 5.98. The smallest absolute Gasteiger partial charge is 0.325 e. The van der Waals surface area contributed by atoms with Crippen LogP contribution < -0.4 is 5.32 Å². The van der Waals surface area contributed by atoms with E-state index >= 15 is 0 Å². The molecule has 0 aromatic heterocycles. The van der Waals surface area contributed by atoms with Gasteiger partial charge in [0.1, 0.15) is 12.1 Å². The van der Waals surface area contributed by atoms with Gasteiger partial charge < -0.3 is 10.2 Å². The van der Waals surface area contributed by atoms with Crippen LogP contribution in [0.15, 0.2) is 24.3 Å². The standard InChI is InChI=1S/C28H41N3O3/c1-27(2,3)20-15-17-21(18-16-20)28(4)25(33)30(26(34)29-28)19-24(32)31(22-11-7-5-8-12-22)23-13-9-6-10-14-23/h15-18,22-23H,5-14,19H2,1-4H3,(H,29,34)/t28-/m1/s1. The minimum atomic E-state index is -1.16. The summed E-state index contributed by atoms with van der Waals surface area (Å²) in [5, 5.41) is 2.87. The lowest BCUT2D eigenvalue weighted by atomic mass is 9.84. The molecule has 186 valence electrons. The number of benzene rings is 1. The molecule has 3 aliphatic rings. The van der Waals surface area contributed by atoms with E-state index in [0.29, 0.717) is 0 Å². The topological polar surface area (TPSA) is 69.7 Å². The third-order valence-electron chi connectivity index (χ3n) is 8.12. The van der Waals surface area contributed by atoms with Crippen LogP contribution in [-0.2, 0) is 20.5 Å². The Morgan fingerprint density at radius 3 is 1.91 bits per heavy atom. The number of imide groups is 1. The fraction of sp³-hybridized carbons (Fsp3) is 0.679. The number of hydrogen-bond acceptors (Lipinski definition) is 3. The van der Waals surface area contributed by atoms with E-state index in [0.717, 1.165) is 61.8 Å². The van der Waals surface area contributed by atoms with Crippen LogP contribution in [0.4, 0.5) is 4.79 Å². The van der Waals surface area contributed by atoms with Crippen LogP contribution in [-0.4, -0.2) is 46.3 Å². The summed E-state index contributed by atoms with van der Waals surface area (Å²) in [5.41, 5.74) is 0.751. The van der Waals surface area contributed by atoms with E-state index in [4.69, 9.17) is 0 Å². The van der Waals surface area contributed by atoms with Crippen LogP contribution >= 0.6 is 0 Å². The van der Waals surface area contributed by atoms with Crippen molar-refractivity contribution in [1.82, 2.24) is 15.1 Å². The number of amides is 4. The van der Waals surface area contributed by atoms with E-state index in [1.165, 1.54) is 18.4 Å². The van der Waals surface area contributed by atoms with Crippen molar-refractivity contribution in [3.8, 4) is 0 Å². The summed E-state index contributed by atoms with van der Waals surface area (Å²) in [6.07, 6.45) is 11.1. The highest BCUT2D eigenvalue weighted by atomic mass is 16.2. The molecule has 2 saturated carbocycles. The lowest BCUT2D eigenvalue weighted by molar-refractivity contribution is -0.143. The highest BCUT2D eigenvalue weighted by Crippen LogP contribution is 2.33. The first-order valence-corrected chi connectivity index (χ1v) is 13.2. The zero-order valence-electron chi connectivity index (χ0n) is 21.4. The number of rotatable bonds is 5. The molecule has 6 nitrogen and oxygen atoms in total. The van der Waals surface area contributed by atoms with Crippen molar-refractivity contribution < 1.29 is 14.4 Å². The van der Waals surface area contributed by atoms with Crippen LogP contribution in [0.2, 0.25) is 0 Å². The average molecular weight is 468 g/mol. The maximum absolute atomic E-state index is 13.6. The second-order valence-electron chi connectivity index (χ2n) is 11.7. The van der Waals surface area contributed by atoms with Crippen molar-refractivity contribution in [2.75, 3.05) is 6.54 Å². The predicted octanol–water partition coefficient (Wildman–Crippen LogP) is 5.25. The van der Waals surface area contributed by atoms with Crippen LogP contribution in [0.25, 0.3) is 0 Å². The second-order valence-corrected chi connectivity index (χ2v) is 11.7. The van der Waals surface area contributed by atoms with Gasteiger partial charge in [-0.15, -0.1) is 0 Å². The molecule has 6 heteroatoms. The van der Waals surface area contributed by atoms with Crippen LogP contribution in [0, 0.1) is 0 Å². The van der Waals surface area contributed by atoms with E-state index in [1.807, 2.05) is 24.3 Å². The summed E-state index contributed by atoms with van der Waals surface area (Å²) in [7, 11) is 0. The van der Waals surface area contributed by atoms with Gasteiger partial charge >= 0.3 is 6.03 Å². The highest BCUT2D eigenvalue weighted by molar-refractivity contribution is 6.09. The molecule has 4 amide bonds. The van der Waals surface area contributed by atoms with Crippen molar-refractivity contribution >= 4 is 17.8 Å². The van der Waals surface area contributed by atoms with Gasteiger partial charge in [-0.2, -0.15) is 0 Å². The van der Waals surface area contributed by atoms with E-state index < -0.39 is 11.6 Å². The zero-order chi connectivity index (χ0) is 24.5. The molecule has 3 fully saturated rings. The molecular weight excluding hydrogens is 426 g/mol. The van der Waals surface area contributed by atoms with Crippen molar-refractivity contribution in [3.05, 3.63) is 35.4 Å². The summed E-state index contributed by atoms with van der Waals surface area (Å²) in [6.45, 7) is 8.00. The van der Waals surface area contributed by atoms with Gasteiger partial charge in [0.15, 0.2) is 0 Å². The lowest BCUT2D eigenvalue weighted by Crippen LogP contribution is -2.53. The molecule has 4 rings (SSSR count). The molecule has 1 atom stereocenters. The normalized spacial score (nSPS) is 24.9. The van der Waals surface area contributed by atoms with Gasteiger partial charge in [-0.1, -0.05) is 83.6 Å². The Kier molecular flexibility index (Phi) is 7.07. The maximum Gasteiger partial charge on any atom is 0.325 e. The Labute approximate surface area is 204 Å². The van der Waals surface area contributed by atoms with E-state index in [-0.39, 0.29) is 35.9 Å². The summed E-state index contributed by atoms with van der Waals surface area (Å²) in [6, 6.07) is 7.86. The molecule has 1 heterocycles. The average Bonchev–Trinajstić information content (AvgIpc) is 3.04. The van der Waals surface area contributed by atoms with Gasteiger partial charge in [0.05, 0.1) is 0 Å². The van der Waals surface area contributed by atoms with Crippen molar-refractivity contribution in [3.63, 3.8) is 0 Å². The van der Waals surface area contributed by atoms with Gasteiger partial charge in [-0.3, -0.25) is 14.5 Å². The summed E-state index contributed by atoms with van der Waals surface area (Å²) in [4.78, 5) is 43.3. The van der Waals surface area contributed by atoms with Crippen LogP contribution in [0.3, 0.4) is 0 Å². The van der Waals surface area contributed by atoms with Crippen molar-refractivity contribution in [1.29, 1.82) is 0 Å². The summed E-state index contributed by atoms with van der Waals surface area (Å²) >= 11 is 0. The SMILES string of the molecule is CC(C)(C)c1ccc([C@@]2(C)NC(=O)N(CC(=O)N(C3CCCCC3)C3CCCCC3)C2=O)cc1. The number of carbonyl (C=O) groups excluding carboxylic acids is 3. The first-order chi connectivity index (χ1) is 16.1. The minimum absolute atomic E-state index is 0.00250. The third kappa shape index (κ3) is 4.87. The molecule has 0 radical (unpaired) electrons. The molecule has 34 heavy (non-hydrogen) atoms. The number of carbonyl (C=O) groups is 3. The molecule has 1 aliphatic heterocycles. The second kappa shape index (κ2) is 9.71. The fourth-order valence-electron chi connectivity index (χ4n) is 5.98. The number of hydrogen-bond donors (Lipinski definition) is 1. The number of urea groups is 1. The molecule has 0 bridgehead atoms. The Bertz CT molecular complexity index is 890. The highest BCUT2D eigenvalue weighted by Gasteiger charge is 2.50. The van der Waals surface area contributed by atoms with Gasteiger partial charge in [0, 0.05) is 12.1 Å². The summed E-state index contributed by atoms with van der Waals surface area (Å²) in [5.74, 6) is -0.420. The first-order valence-electron chi connectivity index (χ1n) is 13.2. The van der Waals surface area contributed by atoms with Gasteiger partial charge in [0.25, 0.3) is 5.91 Å². The van der Waals surface area contributed by atoms with Crippen molar-refractivity contribution in [2.24, 2.45) is 0 Å². The van der Waals surface area contributed by atoms with Crippen LogP contribution in [0.1, 0.15) is 103 Å². The molecular formula is C28H41N3O3. The number of nitrogens with zero attached hydrogens (tertiary/aromatic N) is 2. The van der Waals surface area contributed by atoms with E-state index in [9.17, 15) is 14.4 Å². The predicted molar refractivity (Wildman–Crippen MR) is 133 cm³/mol. The third-order valence-corrected chi connectivity index (χ3v) is 8.12. The molecule has 1 saturated heterocycles. The van der Waals surface area contributed by atoms with Crippen molar-refractivity contribution in [2.45, 2.75) is 115 Å². The largest absolute Gasteiger partial charge is 0.335 e. The molecule has 1 aromatic carbocycles. The van der Waals surface area contributed by atoms with Gasteiger partial charge in [-0.05, 0) is 49.1 Å². The minimum Gasteiger partial charge on any atom is -0.335 e. The zero-order valence-corrected chi connectivity index (χ0v) is 21.4. The molecule has 2 aliphatic carbocycles. The quantitative estimate of drug-likeness (QED) is 0.602. The Morgan fingerprint density at radius 2 is 1.44 bits per heavy atom. The Morgan fingerprint density at radius 1 is 0.941 bits per heavy atom.